The maximum absolute atomic E-state index is 13.6. The molecule has 0 spiro atoms. The molecule has 0 heterocycles. The van der Waals surface area contributed by atoms with Gasteiger partial charge < -0.3 is 10.6 Å². The third-order valence-corrected chi connectivity index (χ3v) is 5.34. The van der Waals surface area contributed by atoms with Gasteiger partial charge in [-0.25, -0.2) is 17.2 Å². The fraction of sp³-hybridized carbons (Fsp3) is 0.300. The highest BCUT2D eigenvalue weighted by Crippen LogP contribution is 2.24. The third kappa shape index (κ3) is 5.53. The van der Waals surface area contributed by atoms with Crippen LogP contribution in [0.2, 0.25) is 0 Å². The van der Waals surface area contributed by atoms with E-state index >= 15 is 0 Å². The number of anilines is 2. The number of carbonyl (C=O) groups is 2. The van der Waals surface area contributed by atoms with E-state index in [1.807, 2.05) is 0 Å². The summed E-state index contributed by atoms with van der Waals surface area (Å²) in [4.78, 5) is 25.2. The van der Waals surface area contributed by atoms with E-state index in [0.29, 0.717) is 10.4 Å². The molecular weight excluding hydrogens is 416 g/mol. The minimum Gasteiger partial charge on any atom is -0.350 e. The van der Waals surface area contributed by atoms with Crippen molar-refractivity contribution < 1.29 is 26.8 Å². The first-order valence-corrected chi connectivity index (χ1v) is 10.9. The largest absolute Gasteiger partial charge is 0.350 e. The van der Waals surface area contributed by atoms with Crippen LogP contribution in [0.4, 0.5) is 20.2 Å². The third-order valence-electron chi connectivity index (χ3n) is 4.10. The Morgan fingerprint density at radius 3 is 2.20 bits per heavy atom. The van der Waals surface area contributed by atoms with Crippen molar-refractivity contribution in [3.05, 3.63) is 59.7 Å². The zero-order valence-electron chi connectivity index (χ0n) is 16.9. The smallest absolute Gasteiger partial charge is 0.253 e. The van der Waals surface area contributed by atoms with Gasteiger partial charge in [-0.3, -0.25) is 13.9 Å². The normalized spacial score (nSPS) is 12.4. The number of benzene rings is 2. The van der Waals surface area contributed by atoms with Gasteiger partial charge in [0, 0.05) is 12.1 Å². The fourth-order valence-corrected chi connectivity index (χ4v) is 3.96. The minimum absolute atomic E-state index is 0.130. The Kier molecular flexibility index (Phi) is 7.14. The molecule has 0 aliphatic carbocycles. The molecule has 30 heavy (non-hydrogen) atoms. The van der Waals surface area contributed by atoms with Crippen molar-refractivity contribution in [1.29, 1.82) is 0 Å². The second-order valence-corrected chi connectivity index (χ2v) is 8.86. The summed E-state index contributed by atoms with van der Waals surface area (Å²) in [7, 11) is -4.02. The summed E-state index contributed by atoms with van der Waals surface area (Å²) in [6.45, 7) is 4.87. The van der Waals surface area contributed by atoms with E-state index in [1.165, 1.54) is 19.1 Å². The van der Waals surface area contributed by atoms with Gasteiger partial charge >= 0.3 is 0 Å². The SMILES string of the molecule is CC(C)NC(=O)c1ccccc1NC(=O)[C@H](C)N(c1ccc(F)c(F)c1)S(C)(=O)=O. The van der Waals surface area contributed by atoms with Crippen molar-refractivity contribution in [3.63, 3.8) is 0 Å². The number of carbonyl (C=O) groups excluding carboxylic acids is 2. The lowest BCUT2D eigenvalue weighted by Gasteiger charge is -2.28. The summed E-state index contributed by atoms with van der Waals surface area (Å²) in [5.41, 5.74) is 0.182. The molecule has 0 fully saturated rings. The predicted octanol–water partition coefficient (Wildman–Crippen LogP) is 2.90. The van der Waals surface area contributed by atoms with Crippen molar-refractivity contribution >= 4 is 33.2 Å². The van der Waals surface area contributed by atoms with Gasteiger partial charge in [0.1, 0.15) is 6.04 Å². The molecule has 2 N–H and O–H groups in total. The molecule has 0 aliphatic heterocycles. The highest BCUT2D eigenvalue weighted by Gasteiger charge is 2.30. The zero-order valence-corrected chi connectivity index (χ0v) is 17.8. The number of amides is 2. The summed E-state index contributed by atoms with van der Waals surface area (Å²) in [6.07, 6.45) is 0.849. The van der Waals surface area contributed by atoms with Crippen molar-refractivity contribution in [1.82, 2.24) is 5.32 Å². The molecule has 7 nitrogen and oxygen atoms in total. The van der Waals surface area contributed by atoms with Gasteiger partial charge in [-0.2, -0.15) is 0 Å². The van der Waals surface area contributed by atoms with Crippen molar-refractivity contribution in [3.8, 4) is 0 Å². The summed E-state index contributed by atoms with van der Waals surface area (Å²) in [5, 5.41) is 5.25. The summed E-state index contributed by atoms with van der Waals surface area (Å²) < 4.78 is 52.2. The Balaban J connectivity index is 2.35. The average molecular weight is 439 g/mol. The van der Waals surface area contributed by atoms with Crippen LogP contribution in [-0.4, -0.2) is 38.6 Å². The molecule has 0 aliphatic rings. The van der Waals surface area contributed by atoms with Crippen LogP contribution in [0.25, 0.3) is 0 Å². The molecule has 2 aromatic rings. The molecule has 0 saturated heterocycles. The molecule has 2 aromatic carbocycles. The molecule has 0 saturated carbocycles. The van der Waals surface area contributed by atoms with Crippen LogP contribution in [0, 0.1) is 11.6 Å². The van der Waals surface area contributed by atoms with Crippen molar-refractivity contribution in [2.24, 2.45) is 0 Å². The molecule has 162 valence electrons. The van der Waals surface area contributed by atoms with Gasteiger partial charge in [0.25, 0.3) is 5.91 Å². The van der Waals surface area contributed by atoms with E-state index in [0.717, 1.165) is 18.4 Å². The second-order valence-electron chi connectivity index (χ2n) is 7.00. The lowest BCUT2D eigenvalue weighted by molar-refractivity contribution is -0.116. The predicted molar refractivity (Wildman–Crippen MR) is 111 cm³/mol. The second kappa shape index (κ2) is 9.21. The Morgan fingerprint density at radius 1 is 1.00 bits per heavy atom. The fourth-order valence-electron chi connectivity index (χ4n) is 2.80. The van der Waals surface area contributed by atoms with Crippen molar-refractivity contribution in [2.45, 2.75) is 32.9 Å². The number of halogens is 2. The Labute approximate surface area is 174 Å². The van der Waals surface area contributed by atoms with Crippen LogP contribution in [0.3, 0.4) is 0 Å². The first kappa shape index (κ1) is 23.3. The molecular formula is C20H23F2N3O4S. The number of sulfonamides is 1. The highest BCUT2D eigenvalue weighted by molar-refractivity contribution is 7.92. The first-order chi connectivity index (χ1) is 13.9. The average Bonchev–Trinajstić information content (AvgIpc) is 2.63. The highest BCUT2D eigenvalue weighted by atomic mass is 32.2. The summed E-state index contributed by atoms with van der Waals surface area (Å²) in [6, 6.07) is 7.34. The van der Waals surface area contributed by atoms with Crippen LogP contribution < -0.4 is 14.9 Å². The number of rotatable bonds is 7. The van der Waals surface area contributed by atoms with E-state index in [2.05, 4.69) is 10.6 Å². The molecule has 0 radical (unpaired) electrons. The lowest BCUT2D eigenvalue weighted by Crippen LogP contribution is -2.45. The number of nitrogens with zero attached hydrogens (tertiary/aromatic N) is 1. The van der Waals surface area contributed by atoms with Crippen LogP contribution in [0.1, 0.15) is 31.1 Å². The van der Waals surface area contributed by atoms with Crippen LogP contribution in [-0.2, 0) is 14.8 Å². The Morgan fingerprint density at radius 2 is 1.63 bits per heavy atom. The number of nitrogens with one attached hydrogen (secondary N) is 2. The van der Waals surface area contributed by atoms with E-state index in [4.69, 9.17) is 0 Å². The molecule has 1 atom stereocenters. The maximum Gasteiger partial charge on any atom is 0.253 e. The van der Waals surface area contributed by atoms with Gasteiger partial charge in [-0.15, -0.1) is 0 Å². The monoisotopic (exact) mass is 439 g/mol. The van der Waals surface area contributed by atoms with E-state index in [9.17, 15) is 26.8 Å². The van der Waals surface area contributed by atoms with Crippen molar-refractivity contribution in [2.75, 3.05) is 15.9 Å². The Hall–Kier alpha value is -3.01. The molecule has 0 aromatic heterocycles. The summed E-state index contributed by atoms with van der Waals surface area (Å²) in [5.74, 6) is -3.55. The topological polar surface area (TPSA) is 95.6 Å². The first-order valence-electron chi connectivity index (χ1n) is 9.07. The molecule has 0 unspecified atom stereocenters. The van der Waals surface area contributed by atoms with E-state index in [-0.39, 0.29) is 23.0 Å². The summed E-state index contributed by atoms with van der Waals surface area (Å²) >= 11 is 0. The number of hydrogen-bond donors (Lipinski definition) is 2. The maximum atomic E-state index is 13.6. The lowest BCUT2D eigenvalue weighted by atomic mass is 10.1. The van der Waals surface area contributed by atoms with Gasteiger partial charge in [0.15, 0.2) is 11.6 Å². The van der Waals surface area contributed by atoms with Gasteiger partial charge in [-0.05, 0) is 45.0 Å². The van der Waals surface area contributed by atoms with Gasteiger partial charge in [0.2, 0.25) is 15.9 Å². The quantitative estimate of drug-likeness (QED) is 0.694. The van der Waals surface area contributed by atoms with Crippen LogP contribution in [0.5, 0.6) is 0 Å². The molecule has 2 amide bonds. The van der Waals surface area contributed by atoms with E-state index in [1.54, 1.807) is 26.0 Å². The molecule has 10 heteroatoms. The van der Waals surface area contributed by atoms with Crippen LogP contribution >= 0.6 is 0 Å². The Bertz CT molecular complexity index is 1060. The zero-order chi connectivity index (χ0) is 22.6. The standard InChI is InChI=1S/C20H23F2N3O4S/c1-12(2)23-20(27)15-7-5-6-8-18(15)24-19(26)13(3)25(30(4,28)29)14-9-10-16(21)17(22)11-14/h5-13H,1-4H3,(H,23,27)(H,24,26)/t13-/m0/s1. The molecule has 2 rings (SSSR count). The number of para-hydroxylation sites is 1. The molecule has 0 bridgehead atoms. The van der Waals surface area contributed by atoms with Gasteiger partial charge in [0.05, 0.1) is 23.2 Å². The van der Waals surface area contributed by atoms with E-state index < -0.39 is 39.5 Å². The number of hydrogen-bond acceptors (Lipinski definition) is 4. The van der Waals surface area contributed by atoms with Gasteiger partial charge in [-0.1, -0.05) is 12.1 Å². The minimum atomic E-state index is -4.02. The van der Waals surface area contributed by atoms with Crippen LogP contribution in [0.15, 0.2) is 42.5 Å².